The minimum Gasteiger partial charge on any atom is -0.383 e. The fraction of sp³-hybridized carbons (Fsp3) is 0.375. The second-order valence-electron chi connectivity index (χ2n) is 5.04. The number of nitrogens with zero attached hydrogens (tertiary/aromatic N) is 4. The van der Waals surface area contributed by atoms with Crippen molar-refractivity contribution in [3.63, 3.8) is 0 Å². The topological polar surface area (TPSA) is 59.5 Å². The first kappa shape index (κ1) is 14.8. The van der Waals surface area contributed by atoms with Crippen LogP contribution in [0.3, 0.4) is 0 Å². The Bertz CT molecular complexity index is 741. The number of nitrogens with two attached hydrogens (primary N) is 1. The Morgan fingerprint density at radius 1 is 1.23 bits per heavy atom. The maximum atomic E-state index is 6.13. The molecule has 0 amide bonds. The van der Waals surface area contributed by atoms with Gasteiger partial charge in [-0.2, -0.15) is 21.0 Å². The first-order chi connectivity index (χ1) is 10.8. The number of aromatic nitrogens is 3. The van der Waals surface area contributed by atoms with Crippen molar-refractivity contribution in [3.8, 4) is 11.1 Å². The van der Waals surface area contributed by atoms with Crippen molar-refractivity contribution in [1.29, 1.82) is 0 Å². The third-order valence-electron chi connectivity index (χ3n) is 3.75. The van der Waals surface area contributed by atoms with Crippen LogP contribution in [0.25, 0.3) is 16.8 Å². The molecule has 4 rings (SSSR count). The summed E-state index contributed by atoms with van der Waals surface area (Å²) in [5.41, 5.74) is 9.16. The Kier molecular flexibility index (Phi) is 4.29. The lowest BCUT2D eigenvalue weighted by Crippen LogP contribution is -2.20. The summed E-state index contributed by atoms with van der Waals surface area (Å²) in [7, 11) is 0. The maximum absolute atomic E-state index is 6.13. The molecule has 0 atom stereocenters. The van der Waals surface area contributed by atoms with E-state index >= 15 is 0 Å². The fourth-order valence-corrected chi connectivity index (χ4v) is 3.36. The summed E-state index contributed by atoms with van der Waals surface area (Å²) in [5, 5.41) is 8.53. The van der Waals surface area contributed by atoms with Crippen molar-refractivity contribution in [2.75, 3.05) is 23.7 Å². The SMILES string of the molecule is CC.Nc1cc(N2CCCC2)nc2c(-c3ccsc3)cnn12. The normalized spacial score (nSPS) is 14.2. The zero-order chi connectivity index (χ0) is 15.5. The summed E-state index contributed by atoms with van der Waals surface area (Å²) in [5.74, 6) is 1.60. The maximum Gasteiger partial charge on any atom is 0.167 e. The van der Waals surface area contributed by atoms with Crippen molar-refractivity contribution in [2.45, 2.75) is 26.7 Å². The van der Waals surface area contributed by atoms with Crippen molar-refractivity contribution < 1.29 is 0 Å². The largest absolute Gasteiger partial charge is 0.383 e. The van der Waals surface area contributed by atoms with Crippen molar-refractivity contribution >= 4 is 28.6 Å². The lowest BCUT2D eigenvalue weighted by Gasteiger charge is -2.17. The standard InChI is InChI=1S/C14H15N5S.C2H6/c15-12-7-13(18-4-1-2-5-18)17-14-11(8-16-19(12)14)10-3-6-20-9-10;1-2/h3,6-9H,1-2,4-5,15H2;1-2H3. The van der Waals surface area contributed by atoms with E-state index in [1.165, 1.54) is 12.8 Å². The van der Waals surface area contributed by atoms with Crippen LogP contribution < -0.4 is 10.6 Å². The molecule has 0 spiro atoms. The van der Waals surface area contributed by atoms with Crippen LogP contribution in [0, 0.1) is 0 Å². The molecular weight excluding hydrogens is 294 g/mol. The third kappa shape index (κ3) is 2.54. The zero-order valence-corrected chi connectivity index (χ0v) is 13.8. The zero-order valence-electron chi connectivity index (χ0n) is 13.0. The van der Waals surface area contributed by atoms with Gasteiger partial charge in [-0.3, -0.25) is 0 Å². The summed E-state index contributed by atoms with van der Waals surface area (Å²) >= 11 is 1.67. The quantitative estimate of drug-likeness (QED) is 0.784. The third-order valence-corrected chi connectivity index (χ3v) is 4.43. The highest BCUT2D eigenvalue weighted by Gasteiger charge is 2.17. The predicted molar refractivity (Wildman–Crippen MR) is 93.5 cm³/mol. The van der Waals surface area contributed by atoms with Crippen LogP contribution in [0.2, 0.25) is 0 Å². The monoisotopic (exact) mass is 315 g/mol. The molecule has 0 bridgehead atoms. The van der Waals surface area contributed by atoms with Crippen molar-refractivity contribution in [2.24, 2.45) is 0 Å². The molecule has 0 aliphatic carbocycles. The molecule has 116 valence electrons. The van der Waals surface area contributed by atoms with Crippen LogP contribution in [-0.4, -0.2) is 27.7 Å². The molecule has 3 aromatic rings. The highest BCUT2D eigenvalue weighted by molar-refractivity contribution is 7.08. The van der Waals surface area contributed by atoms with Gasteiger partial charge in [0, 0.05) is 24.7 Å². The van der Waals surface area contributed by atoms with Gasteiger partial charge >= 0.3 is 0 Å². The first-order valence-electron chi connectivity index (χ1n) is 7.75. The van der Waals surface area contributed by atoms with E-state index in [1.54, 1.807) is 15.9 Å². The number of fused-ring (bicyclic) bond motifs is 1. The van der Waals surface area contributed by atoms with E-state index in [1.807, 2.05) is 26.1 Å². The van der Waals surface area contributed by atoms with E-state index in [0.29, 0.717) is 5.82 Å². The van der Waals surface area contributed by atoms with Crippen LogP contribution in [0.5, 0.6) is 0 Å². The average molecular weight is 315 g/mol. The Labute approximate surface area is 134 Å². The lowest BCUT2D eigenvalue weighted by atomic mass is 10.2. The van der Waals surface area contributed by atoms with Crippen LogP contribution in [0.15, 0.2) is 29.1 Å². The molecule has 1 saturated heterocycles. The number of nitrogen functional groups attached to an aromatic ring is 1. The minimum absolute atomic E-state index is 0.637. The Hall–Kier alpha value is -2.08. The molecule has 22 heavy (non-hydrogen) atoms. The molecule has 0 radical (unpaired) electrons. The fourth-order valence-electron chi connectivity index (χ4n) is 2.70. The second kappa shape index (κ2) is 6.36. The number of anilines is 2. The molecule has 5 nitrogen and oxygen atoms in total. The van der Waals surface area contributed by atoms with Gasteiger partial charge in [0.1, 0.15) is 11.6 Å². The van der Waals surface area contributed by atoms with E-state index < -0.39 is 0 Å². The van der Waals surface area contributed by atoms with Crippen LogP contribution in [-0.2, 0) is 0 Å². The van der Waals surface area contributed by atoms with E-state index in [4.69, 9.17) is 10.7 Å². The van der Waals surface area contributed by atoms with Gasteiger partial charge in [0.05, 0.1) is 6.20 Å². The molecule has 0 saturated carbocycles. The van der Waals surface area contributed by atoms with Gasteiger partial charge in [0.15, 0.2) is 5.65 Å². The number of hydrogen-bond acceptors (Lipinski definition) is 5. The molecule has 1 aliphatic rings. The highest BCUT2D eigenvalue weighted by atomic mass is 32.1. The summed E-state index contributed by atoms with van der Waals surface area (Å²) in [6.07, 6.45) is 4.29. The average Bonchev–Trinajstić information content (AvgIpc) is 3.29. The molecule has 0 aromatic carbocycles. The molecule has 6 heteroatoms. The van der Waals surface area contributed by atoms with Gasteiger partial charge < -0.3 is 10.6 Å². The number of rotatable bonds is 2. The van der Waals surface area contributed by atoms with E-state index in [9.17, 15) is 0 Å². The number of hydrogen-bond donors (Lipinski definition) is 1. The highest BCUT2D eigenvalue weighted by Crippen LogP contribution is 2.29. The Balaban J connectivity index is 0.000000693. The summed E-state index contributed by atoms with van der Waals surface area (Å²) in [6.45, 7) is 6.12. The molecule has 1 fully saturated rings. The summed E-state index contributed by atoms with van der Waals surface area (Å²) in [6, 6.07) is 4.00. The molecule has 0 unspecified atom stereocenters. The van der Waals surface area contributed by atoms with Gasteiger partial charge in [-0.15, -0.1) is 0 Å². The minimum atomic E-state index is 0.637. The van der Waals surface area contributed by atoms with Gasteiger partial charge in [-0.1, -0.05) is 13.8 Å². The smallest absolute Gasteiger partial charge is 0.167 e. The summed E-state index contributed by atoms with van der Waals surface area (Å²) < 4.78 is 1.71. The van der Waals surface area contributed by atoms with Gasteiger partial charge in [-0.25, -0.2) is 4.98 Å². The van der Waals surface area contributed by atoms with Crippen LogP contribution in [0.1, 0.15) is 26.7 Å². The number of thiophene rings is 1. The van der Waals surface area contributed by atoms with Crippen LogP contribution in [0.4, 0.5) is 11.6 Å². The Morgan fingerprint density at radius 2 is 2.00 bits per heavy atom. The molecule has 2 N–H and O–H groups in total. The molecular formula is C16H21N5S. The lowest BCUT2D eigenvalue weighted by molar-refractivity contribution is 0.906. The van der Waals surface area contributed by atoms with Gasteiger partial charge in [0.25, 0.3) is 0 Å². The summed E-state index contributed by atoms with van der Waals surface area (Å²) in [4.78, 5) is 7.08. The molecule has 4 heterocycles. The van der Waals surface area contributed by atoms with Crippen LogP contribution >= 0.6 is 11.3 Å². The van der Waals surface area contributed by atoms with Gasteiger partial charge in [0.2, 0.25) is 0 Å². The second-order valence-corrected chi connectivity index (χ2v) is 5.82. The van der Waals surface area contributed by atoms with Crippen molar-refractivity contribution in [3.05, 3.63) is 29.1 Å². The van der Waals surface area contributed by atoms with E-state index in [-0.39, 0.29) is 0 Å². The first-order valence-corrected chi connectivity index (χ1v) is 8.69. The molecule has 1 aliphatic heterocycles. The van der Waals surface area contributed by atoms with Gasteiger partial charge in [-0.05, 0) is 35.2 Å². The predicted octanol–water partition coefficient (Wildman–Crippen LogP) is 3.67. The Morgan fingerprint density at radius 3 is 2.68 bits per heavy atom. The molecule has 3 aromatic heterocycles. The van der Waals surface area contributed by atoms with E-state index in [2.05, 4.69) is 26.8 Å². The van der Waals surface area contributed by atoms with E-state index in [0.717, 1.165) is 35.7 Å². The van der Waals surface area contributed by atoms with Crippen molar-refractivity contribution in [1.82, 2.24) is 14.6 Å².